The molecule has 154 valence electrons. The van der Waals surface area contributed by atoms with Crippen LogP contribution in [-0.2, 0) is 6.42 Å². The maximum atomic E-state index is 12.4. The molecular weight excluding hydrogens is 366 g/mol. The number of hydrogen-bond acceptors (Lipinski definition) is 4. The number of H-pyrrole nitrogens is 1. The van der Waals surface area contributed by atoms with Gasteiger partial charge in [-0.25, -0.2) is 4.79 Å². The van der Waals surface area contributed by atoms with E-state index in [9.17, 15) is 9.90 Å². The first-order chi connectivity index (χ1) is 14.2. The second-order valence-electron chi connectivity index (χ2n) is 7.78. The fourth-order valence-corrected chi connectivity index (χ4v) is 4.27. The number of likely N-dealkylation sites (tertiary alicyclic amines) is 1. The molecule has 3 aromatic rings. The lowest BCUT2D eigenvalue weighted by atomic mass is 10.0. The largest absolute Gasteiger partial charge is 0.491 e. The molecule has 4 rings (SSSR count). The highest BCUT2D eigenvalue weighted by Gasteiger charge is 2.24. The molecule has 0 bridgehead atoms. The Bertz CT molecular complexity index is 1000. The molecule has 1 aliphatic rings. The van der Waals surface area contributed by atoms with Crippen LogP contribution < -0.4 is 10.4 Å². The molecule has 1 aromatic heterocycles. The number of para-hydroxylation sites is 3. The maximum absolute atomic E-state index is 12.4. The first kappa shape index (κ1) is 19.7. The van der Waals surface area contributed by atoms with Crippen LogP contribution in [0.3, 0.4) is 0 Å². The highest BCUT2D eigenvalue weighted by Crippen LogP contribution is 2.25. The van der Waals surface area contributed by atoms with Gasteiger partial charge in [0.2, 0.25) is 0 Å². The highest BCUT2D eigenvalue weighted by atomic mass is 16.5. The van der Waals surface area contributed by atoms with E-state index in [-0.39, 0.29) is 11.7 Å². The number of nitrogens with zero attached hydrogens (tertiary/aromatic N) is 2. The van der Waals surface area contributed by atoms with E-state index in [2.05, 4.69) is 22.9 Å². The predicted molar refractivity (Wildman–Crippen MR) is 115 cm³/mol. The lowest BCUT2D eigenvalue weighted by molar-refractivity contribution is 0.0556. The van der Waals surface area contributed by atoms with Crippen LogP contribution in [0, 0.1) is 0 Å². The van der Waals surface area contributed by atoms with Crippen LogP contribution in [0.15, 0.2) is 53.3 Å². The lowest BCUT2D eigenvalue weighted by Crippen LogP contribution is -2.42. The number of rotatable bonds is 7. The minimum Gasteiger partial charge on any atom is -0.491 e. The van der Waals surface area contributed by atoms with E-state index in [4.69, 9.17) is 4.74 Å². The molecular formula is C23H29N3O3. The van der Waals surface area contributed by atoms with Gasteiger partial charge in [-0.05, 0) is 43.0 Å². The van der Waals surface area contributed by atoms with Crippen LogP contribution in [-0.4, -0.2) is 51.9 Å². The van der Waals surface area contributed by atoms with Crippen molar-refractivity contribution in [2.24, 2.45) is 0 Å². The molecule has 29 heavy (non-hydrogen) atoms. The zero-order valence-corrected chi connectivity index (χ0v) is 16.9. The molecule has 1 saturated heterocycles. The van der Waals surface area contributed by atoms with E-state index < -0.39 is 6.10 Å². The first-order valence-electron chi connectivity index (χ1n) is 10.5. The molecule has 2 heterocycles. The number of hydrogen-bond donors (Lipinski definition) is 2. The van der Waals surface area contributed by atoms with Crippen LogP contribution in [0.25, 0.3) is 11.0 Å². The Kier molecular flexibility index (Phi) is 6.02. The zero-order valence-electron chi connectivity index (χ0n) is 16.9. The van der Waals surface area contributed by atoms with Gasteiger partial charge in [-0.2, -0.15) is 0 Å². The third-order valence-electron chi connectivity index (χ3n) is 5.80. The number of benzene rings is 2. The molecule has 0 saturated carbocycles. The smallest absolute Gasteiger partial charge is 0.326 e. The monoisotopic (exact) mass is 395 g/mol. The normalized spacial score (nSPS) is 16.9. The topological polar surface area (TPSA) is 70.5 Å². The summed E-state index contributed by atoms with van der Waals surface area (Å²) < 4.78 is 7.75. The first-order valence-corrected chi connectivity index (χ1v) is 10.5. The maximum Gasteiger partial charge on any atom is 0.326 e. The number of aryl methyl sites for hydroxylation is 1. The number of ether oxygens (including phenoxy) is 1. The summed E-state index contributed by atoms with van der Waals surface area (Å²) in [6, 6.07) is 16.0. The number of β-amino-alcohol motifs (C(OH)–C–C–N with tert-alkyl or cyclic N) is 1. The number of aromatic nitrogens is 2. The summed E-state index contributed by atoms with van der Waals surface area (Å²) in [5, 5.41) is 10.4. The summed E-state index contributed by atoms with van der Waals surface area (Å²) in [5.74, 6) is 0.853. The van der Waals surface area contributed by atoms with Crippen LogP contribution in [0.5, 0.6) is 5.75 Å². The fourth-order valence-electron chi connectivity index (χ4n) is 4.27. The predicted octanol–water partition coefficient (Wildman–Crippen LogP) is 2.97. The second-order valence-corrected chi connectivity index (χ2v) is 7.78. The van der Waals surface area contributed by atoms with Crippen molar-refractivity contribution in [1.82, 2.24) is 14.5 Å². The number of fused-ring (bicyclic) bond motifs is 1. The van der Waals surface area contributed by atoms with Gasteiger partial charge in [-0.3, -0.25) is 4.57 Å². The molecule has 0 amide bonds. The average Bonchev–Trinajstić information content (AvgIpc) is 3.09. The number of aliphatic hydroxyl groups excluding tert-OH is 1. The Hall–Kier alpha value is -2.57. The molecule has 1 fully saturated rings. The molecule has 6 nitrogen and oxygen atoms in total. The summed E-state index contributed by atoms with van der Waals surface area (Å²) in [6.45, 7) is 4.70. The van der Waals surface area contributed by atoms with Gasteiger partial charge in [0.1, 0.15) is 18.5 Å². The summed E-state index contributed by atoms with van der Waals surface area (Å²) in [4.78, 5) is 17.6. The Morgan fingerprint density at radius 1 is 1.14 bits per heavy atom. The molecule has 6 heteroatoms. The lowest BCUT2D eigenvalue weighted by Gasteiger charge is -2.33. The van der Waals surface area contributed by atoms with Crippen molar-refractivity contribution in [2.45, 2.75) is 38.3 Å². The van der Waals surface area contributed by atoms with Gasteiger partial charge in [0.05, 0.1) is 11.0 Å². The molecule has 0 spiro atoms. The quantitative estimate of drug-likeness (QED) is 0.645. The van der Waals surface area contributed by atoms with Crippen LogP contribution in [0.1, 0.15) is 31.4 Å². The van der Waals surface area contributed by atoms with Crippen molar-refractivity contribution in [3.63, 3.8) is 0 Å². The third kappa shape index (κ3) is 4.38. The Morgan fingerprint density at radius 2 is 1.86 bits per heavy atom. The van der Waals surface area contributed by atoms with Crippen LogP contribution >= 0.6 is 0 Å². The Labute approximate surface area is 170 Å². The van der Waals surface area contributed by atoms with Gasteiger partial charge in [0.25, 0.3) is 0 Å². The molecule has 0 radical (unpaired) electrons. The number of piperidine rings is 1. The van der Waals surface area contributed by atoms with E-state index >= 15 is 0 Å². The Morgan fingerprint density at radius 3 is 2.66 bits per heavy atom. The van der Waals surface area contributed by atoms with Crippen molar-refractivity contribution < 1.29 is 9.84 Å². The van der Waals surface area contributed by atoms with Crippen molar-refractivity contribution in [3.8, 4) is 5.75 Å². The van der Waals surface area contributed by atoms with E-state index in [1.54, 1.807) is 0 Å². The summed E-state index contributed by atoms with van der Waals surface area (Å²) in [7, 11) is 0. The standard InChI is InChI=1S/C23H29N3O3/c1-2-17-7-3-6-10-22(17)29-16-19(27)15-25-13-11-18(12-14-25)26-21-9-5-4-8-20(21)24-23(26)28/h3-10,18-19,27H,2,11-16H2,1H3,(H,24,28). The summed E-state index contributed by atoms with van der Waals surface area (Å²) in [5.41, 5.74) is 2.98. The van der Waals surface area contributed by atoms with Crippen LogP contribution in [0.2, 0.25) is 0 Å². The number of nitrogens with one attached hydrogen (secondary N) is 1. The summed E-state index contributed by atoms with van der Waals surface area (Å²) >= 11 is 0. The van der Waals surface area contributed by atoms with E-state index in [0.29, 0.717) is 13.2 Å². The number of aliphatic hydroxyl groups is 1. The minimum atomic E-state index is -0.535. The van der Waals surface area contributed by atoms with Crippen molar-refractivity contribution >= 4 is 11.0 Å². The summed E-state index contributed by atoms with van der Waals surface area (Å²) in [6.07, 6.45) is 2.17. The second kappa shape index (κ2) is 8.84. The van der Waals surface area contributed by atoms with E-state index in [1.807, 2.05) is 47.0 Å². The highest BCUT2D eigenvalue weighted by molar-refractivity contribution is 5.75. The van der Waals surface area contributed by atoms with Gasteiger partial charge < -0.3 is 19.7 Å². The molecule has 0 aliphatic carbocycles. The zero-order chi connectivity index (χ0) is 20.2. The van der Waals surface area contributed by atoms with Gasteiger partial charge in [0.15, 0.2) is 0 Å². The Balaban J connectivity index is 1.30. The van der Waals surface area contributed by atoms with Gasteiger partial charge >= 0.3 is 5.69 Å². The van der Waals surface area contributed by atoms with Gasteiger partial charge in [-0.1, -0.05) is 37.3 Å². The molecule has 1 aliphatic heterocycles. The molecule has 1 unspecified atom stereocenters. The van der Waals surface area contributed by atoms with Crippen molar-refractivity contribution in [3.05, 3.63) is 64.6 Å². The van der Waals surface area contributed by atoms with E-state index in [1.165, 1.54) is 0 Å². The van der Waals surface area contributed by atoms with Crippen molar-refractivity contribution in [2.75, 3.05) is 26.2 Å². The van der Waals surface area contributed by atoms with Crippen molar-refractivity contribution in [1.29, 1.82) is 0 Å². The molecule has 1 atom stereocenters. The minimum absolute atomic E-state index is 0.0346. The number of aromatic amines is 1. The average molecular weight is 396 g/mol. The molecule has 2 aromatic carbocycles. The fraction of sp³-hybridized carbons (Fsp3) is 0.435. The van der Waals surface area contributed by atoms with Gasteiger partial charge in [0, 0.05) is 25.7 Å². The van der Waals surface area contributed by atoms with Gasteiger partial charge in [-0.15, -0.1) is 0 Å². The molecule has 2 N–H and O–H groups in total. The van der Waals surface area contributed by atoms with E-state index in [0.717, 1.165) is 54.7 Å². The third-order valence-corrected chi connectivity index (χ3v) is 5.80. The van der Waals surface area contributed by atoms with Crippen LogP contribution in [0.4, 0.5) is 0 Å². The number of imidazole rings is 1. The SMILES string of the molecule is CCc1ccccc1OCC(O)CN1CCC(n2c(=O)[nH]c3ccccc32)CC1.